The summed E-state index contributed by atoms with van der Waals surface area (Å²) in [5, 5.41) is 14.2. The average molecular weight is 624 g/mol. The third kappa shape index (κ3) is 8.43. The van der Waals surface area contributed by atoms with Gasteiger partial charge in [0.2, 0.25) is 5.91 Å². The lowest BCUT2D eigenvalue weighted by atomic mass is 10.0. The van der Waals surface area contributed by atoms with Gasteiger partial charge >= 0.3 is 12.6 Å². The van der Waals surface area contributed by atoms with Gasteiger partial charge in [0.25, 0.3) is 5.91 Å². The second kappa shape index (κ2) is 13.7. The largest absolute Gasteiger partial charge is 0.619 e. The van der Waals surface area contributed by atoms with Crippen molar-refractivity contribution in [1.29, 1.82) is 0 Å². The van der Waals surface area contributed by atoms with Crippen molar-refractivity contribution in [1.82, 2.24) is 5.32 Å². The van der Waals surface area contributed by atoms with Crippen molar-refractivity contribution in [3.63, 3.8) is 0 Å². The molecule has 1 saturated carbocycles. The van der Waals surface area contributed by atoms with Gasteiger partial charge in [0.15, 0.2) is 23.9 Å². The predicted molar refractivity (Wildman–Crippen MR) is 147 cm³/mol. The Morgan fingerprint density at radius 1 is 1.02 bits per heavy atom. The van der Waals surface area contributed by atoms with Crippen LogP contribution in [0.25, 0.3) is 0 Å². The van der Waals surface area contributed by atoms with Crippen molar-refractivity contribution in [2.24, 2.45) is 11.7 Å². The molecule has 0 radical (unpaired) electrons. The summed E-state index contributed by atoms with van der Waals surface area (Å²) in [6, 6.07) is 9.58. The van der Waals surface area contributed by atoms with Gasteiger partial charge in [-0.1, -0.05) is 29.3 Å². The number of nitrogens with one attached hydrogen (secondary N) is 1. The van der Waals surface area contributed by atoms with Gasteiger partial charge in [0, 0.05) is 23.1 Å². The third-order valence-electron chi connectivity index (χ3n) is 6.27. The summed E-state index contributed by atoms with van der Waals surface area (Å²) in [6.45, 7) is -3.34. The number of aromatic nitrogens is 1. The van der Waals surface area contributed by atoms with E-state index < -0.39 is 37.0 Å². The first kappa shape index (κ1) is 30.8. The van der Waals surface area contributed by atoms with Crippen molar-refractivity contribution in [3.8, 4) is 11.5 Å². The fraction of sp³-hybridized carbons (Fsp3) is 0.286. The van der Waals surface area contributed by atoms with Crippen molar-refractivity contribution in [2.75, 3.05) is 13.2 Å². The summed E-state index contributed by atoms with van der Waals surface area (Å²) in [6.07, 6.45) is 2.87. The normalized spacial score (nSPS) is 13.4. The Morgan fingerprint density at radius 3 is 2.26 bits per heavy atom. The Bertz CT molecular complexity index is 1450. The molecule has 3 N–H and O–H groups in total. The van der Waals surface area contributed by atoms with E-state index in [0.29, 0.717) is 22.8 Å². The number of alkyl halides is 2. The second-order valence-electron chi connectivity index (χ2n) is 9.44. The fourth-order valence-electron chi connectivity index (χ4n) is 3.90. The number of carbonyl (C=O) groups is 3. The molecule has 1 aliphatic rings. The predicted octanol–water partition coefficient (Wildman–Crippen LogP) is 4.37. The molecule has 0 saturated heterocycles. The summed E-state index contributed by atoms with van der Waals surface area (Å²) in [5.74, 6) is -1.99. The van der Waals surface area contributed by atoms with Crippen molar-refractivity contribution >= 4 is 41.0 Å². The molecule has 222 valence electrons. The van der Waals surface area contributed by atoms with Crippen LogP contribution < -0.4 is 25.3 Å². The number of ether oxygens (including phenoxy) is 3. The maximum absolute atomic E-state index is 13.0. The van der Waals surface area contributed by atoms with Gasteiger partial charge in [-0.05, 0) is 60.7 Å². The number of nitrogens with zero attached hydrogens (tertiary/aromatic N) is 1. The smallest absolute Gasteiger partial charge is 0.387 e. The van der Waals surface area contributed by atoms with Crippen LogP contribution in [0.2, 0.25) is 10.0 Å². The second-order valence-corrected chi connectivity index (χ2v) is 10.3. The molecule has 2 amide bonds. The van der Waals surface area contributed by atoms with Gasteiger partial charge in [-0.3, -0.25) is 14.4 Å². The summed E-state index contributed by atoms with van der Waals surface area (Å²) >= 11 is 12.5. The van der Waals surface area contributed by atoms with Gasteiger partial charge in [-0.2, -0.15) is 13.5 Å². The standard InChI is InChI=1S/C28H25Cl2F2N3O7/c29-20-12-35(39)13-21(30)19(20)10-23(18-7-8-22(42-28(31)32)24(9-18)40-14-15-1-2-15)41-25(36)11-34-27(38)17-5-3-16(4-6-17)26(33)37/h3-9,12-13,15,23,28H,1-2,10-11,14H2,(H2,33,37)(H,34,38)/t23-/m0/s1. The average Bonchev–Trinajstić information content (AvgIpc) is 3.77. The van der Waals surface area contributed by atoms with Gasteiger partial charge in [-0.15, -0.1) is 0 Å². The minimum atomic E-state index is -3.09. The van der Waals surface area contributed by atoms with Crippen molar-refractivity contribution in [3.05, 3.63) is 92.4 Å². The lowest BCUT2D eigenvalue weighted by molar-refractivity contribution is -0.605. The fourth-order valence-corrected chi connectivity index (χ4v) is 4.50. The number of esters is 1. The first-order chi connectivity index (χ1) is 20.0. The number of halogens is 4. The number of benzene rings is 2. The van der Waals surface area contributed by atoms with E-state index in [1.54, 1.807) is 0 Å². The molecule has 1 fully saturated rings. The number of nitrogens with two attached hydrogens (primary N) is 1. The Balaban J connectivity index is 1.55. The van der Waals surface area contributed by atoms with E-state index in [4.69, 9.17) is 38.4 Å². The number of amides is 2. The zero-order valence-electron chi connectivity index (χ0n) is 21.9. The highest BCUT2D eigenvalue weighted by molar-refractivity contribution is 6.35. The van der Waals surface area contributed by atoms with E-state index in [0.717, 1.165) is 25.2 Å². The molecule has 2 aromatic carbocycles. The van der Waals surface area contributed by atoms with Gasteiger partial charge in [0.1, 0.15) is 22.7 Å². The number of pyridine rings is 1. The number of primary amides is 1. The first-order valence-electron chi connectivity index (χ1n) is 12.7. The van der Waals surface area contributed by atoms with Gasteiger partial charge in [0.05, 0.1) is 6.61 Å². The van der Waals surface area contributed by atoms with Crippen LogP contribution in [0.3, 0.4) is 0 Å². The molecule has 42 heavy (non-hydrogen) atoms. The van der Waals surface area contributed by atoms with Crippen LogP contribution >= 0.6 is 23.2 Å². The maximum Gasteiger partial charge on any atom is 0.387 e. The molecule has 1 aliphatic carbocycles. The molecule has 0 unspecified atom stereocenters. The zero-order chi connectivity index (χ0) is 30.4. The van der Waals surface area contributed by atoms with Gasteiger partial charge in [-0.25, -0.2) is 0 Å². The first-order valence-corrected chi connectivity index (χ1v) is 13.4. The molecular formula is C28H25Cl2F2N3O7. The van der Waals surface area contributed by atoms with E-state index in [1.165, 1.54) is 42.5 Å². The number of carbonyl (C=O) groups excluding carboxylic acids is 3. The lowest BCUT2D eigenvalue weighted by Crippen LogP contribution is -2.31. The van der Waals surface area contributed by atoms with Crippen LogP contribution in [0.4, 0.5) is 8.78 Å². The molecule has 3 aromatic rings. The molecule has 0 bridgehead atoms. The number of hydrogen-bond donors (Lipinski definition) is 2. The Labute approximate surface area is 248 Å². The molecule has 1 atom stereocenters. The van der Waals surface area contributed by atoms with Crippen molar-refractivity contribution < 1.29 is 42.1 Å². The van der Waals surface area contributed by atoms with Crippen molar-refractivity contribution in [2.45, 2.75) is 32.0 Å². The SMILES string of the molecule is NC(=O)c1ccc(C(=O)NCC(=O)O[C@@H](Cc2c(Cl)c[n+]([O-])cc2Cl)c2ccc(OC(F)F)c(OCC3CC3)c2)cc1. The molecule has 0 spiro atoms. The maximum atomic E-state index is 13.0. The van der Waals surface area contributed by atoms with E-state index in [2.05, 4.69) is 10.1 Å². The highest BCUT2D eigenvalue weighted by Gasteiger charge is 2.26. The minimum absolute atomic E-state index is 0.00844. The molecule has 10 nitrogen and oxygen atoms in total. The van der Waals surface area contributed by atoms with Crippen LogP contribution in [0.15, 0.2) is 54.9 Å². The van der Waals surface area contributed by atoms with E-state index in [9.17, 15) is 28.4 Å². The van der Waals surface area contributed by atoms with Gasteiger partial charge < -0.3 is 30.5 Å². The zero-order valence-corrected chi connectivity index (χ0v) is 23.4. The highest BCUT2D eigenvalue weighted by atomic mass is 35.5. The lowest BCUT2D eigenvalue weighted by Gasteiger charge is -2.21. The van der Waals surface area contributed by atoms with Crippen LogP contribution in [-0.2, 0) is 16.0 Å². The number of hydrogen-bond acceptors (Lipinski definition) is 7. The van der Waals surface area contributed by atoms with Crippen LogP contribution in [0.1, 0.15) is 50.8 Å². The summed E-state index contributed by atoms with van der Waals surface area (Å²) in [5.41, 5.74) is 6.20. The third-order valence-corrected chi connectivity index (χ3v) is 6.92. The van der Waals surface area contributed by atoms with E-state index in [-0.39, 0.29) is 44.7 Å². The van der Waals surface area contributed by atoms with Crippen LogP contribution in [0, 0.1) is 11.1 Å². The topological polar surface area (TPSA) is 144 Å². The monoisotopic (exact) mass is 623 g/mol. The number of rotatable bonds is 13. The van der Waals surface area contributed by atoms with E-state index in [1.807, 2.05) is 0 Å². The molecule has 14 heteroatoms. The van der Waals surface area contributed by atoms with Crippen LogP contribution in [0.5, 0.6) is 11.5 Å². The summed E-state index contributed by atoms with van der Waals surface area (Å²) in [7, 11) is 0. The molecule has 1 aromatic heterocycles. The molecule has 1 heterocycles. The minimum Gasteiger partial charge on any atom is -0.619 e. The Morgan fingerprint density at radius 2 is 1.67 bits per heavy atom. The molecular weight excluding hydrogens is 599 g/mol. The van der Waals surface area contributed by atoms with E-state index >= 15 is 0 Å². The Kier molecular flexibility index (Phi) is 10.0. The summed E-state index contributed by atoms with van der Waals surface area (Å²) < 4.78 is 42.5. The molecule has 0 aliphatic heterocycles. The summed E-state index contributed by atoms with van der Waals surface area (Å²) in [4.78, 5) is 36.6. The highest BCUT2D eigenvalue weighted by Crippen LogP contribution is 2.37. The van der Waals surface area contributed by atoms with Crippen LogP contribution in [-0.4, -0.2) is 37.5 Å². The molecule has 4 rings (SSSR count). The Hall–Kier alpha value is -4.16. The quantitative estimate of drug-likeness (QED) is 0.163.